The second-order valence-electron chi connectivity index (χ2n) is 3.48. The number of nitrogens with one attached hydrogen (secondary N) is 1. The molecule has 3 N–H and O–H groups in total. The molecule has 0 saturated heterocycles. The van der Waals surface area contributed by atoms with Crippen LogP contribution in [0.1, 0.15) is 5.69 Å². The lowest BCUT2D eigenvalue weighted by molar-refractivity contribution is -0.140. The van der Waals surface area contributed by atoms with E-state index in [1.54, 1.807) is 6.07 Å². The number of hydrogen-bond acceptors (Lipinski definition) is 3. The zero-order chi connectivity index (χ0) is 13.5. The molecule has 1 heterocycles. The molecule has 0 spiro atoms. The number of anilines is 1. The maximum absolute atomic E-state index is 12.7. The largest absolute Gasteiger partial charge is 0.433 e. The molecule has 0 radical (unpaired) electrons. The third-order valence-electron chi connectivity index (χ3n) is 2.28. The van der Waals surface area contributed by atoms with E-state index < -0.39 is 11.9 Å². The summed E-state index contributed by atoms with van der Waals surface area (Å²) in [5.41, 5.74) is 1.32. The zero-order valence-corrected chi connectivity index (χ0v) is 11.0. The summed E-state index contributed by atoms with van der Waals surface area (Å²) in [4.78, 5) is 3.52. The Kier molecular flexibility index (Phi) is 3.39. The molecule has 1 aromatic heterocycles. The monoisotopic (exact) mass is 339 g/mol. The highest BCUT2D eigenvalue weighted by molar-refractivity contribution is 9.10. The molecule has 0 aliphatic carbocycles. The first-order chi connectivity index (χ1) is 8.32. The molecular weight excluding hydrogens is 334 g/mol. The fourth-order valence-corrected chi connectivity index (χ4v) is 2.37. The van der Waals surface area contributed by atoms with Crippen LogP contribution >= 0.6 is 27.5 Å². The standard InChI is InChI=1S/C10H6BrClF3N3/c11-4-1-5-7(18-16)3-8(10(13,14)15)17-9(5)6(12)2-4/h1-3H,16H2,(H,17,18). The van der Waals surface area contributed by atoms with E-state index in [-0.39, 0.29) is 16.2 Å². The van der Waals surface area contributed by atoms with Gasteiger partial charge in [0.1, 0.15) is 5.69 Å². The highest BCUT2D eigenvalue weighted by Crippen LogP contribution is 2.36. The molecule has 96 valence electrons. The molecule has 0 aliphatic heterocycles. The van der Waals surface area contributed by atoms with E-state index in [0.717, 1.165) is 6.07 Å². The van der Waals surface area contributed by atoms with Crippen LogP contribution in [0.15, 0.2) is 22.7 Å². The Morgan fingerprint density at radius 1 is 1.28 bits per heavy atom. The number of nitrogens with zero attached hydrogens (tertiary/aromatic N) is 1. The number of alkyl halides is 3. The fraction of sp³-hybridized carbons (Fsp3) is 0.100. The van der Waals surface area contributed by atoms with Crippen LogP contribution in [0.5, 0.6) is 0 Å². The van der Waals surface area contributed by atoms with Crippen molar-refractivity contribution in [3.8, 4) is 0 Å². The summed E-state index contributed by atoms with van der Waals surface area (Å²) in [5.74, 6) is 5.22. The summed E-state index contributed by atoms with van der Waals surface area (Å²) < 4.78 is 38.6. The molecule has 0 bridgehead atoms. The van der Waals surface area contributed by atoms with Crippen LogP contribution in [0, 0.1) is 0 Å². The van der Waals surface area contributed by atoms with Crippen LogP contribution < -0.4 is 11.3 Å². The number of nitrogen functional groups attached to an aromatic ring is 1. The molecule has 3 nitrogen and oxygen atoms in total. The van der Waals surface area contributed by atoms with Gasteiger partial charge in [-0.15, -0.1) is 0 Å². The second-order valence-corrected chi connectivity index (χ2v) is 4.80. The van der Waals surface area contributed by atoms with Crippen molar-refractivity contribution >= 4 is 44.1 Å². The van der Waals surface area contributed by atoms with E-state index in [4.69, 9.17) is 17.4 Å². The van der Waals surface area contributed by atoms with Crippen molar-refractivity contribution in [1.82, 2.24) is 4.98 Å². The van der Waals surface area contributed by atoms with Crippen molar-refractivity contribution in [2.75, 3.05) is 5.43 Å². The maximum Gasteiger partial charge on any atom is 0.433 e. The van der Waals surface area contributed by atoms with E-state index in [1.807, 2.05) is 0 Å². The predicted octanol–water partition coefficient (Wildman–Crippen LogP) is 3.96. The van der Waals surface area contributed by atoms with Crippen molar-refractivity contribution in [1.29, 1.82) is 0 Å². The lowest BCUT2D eigenvalue weighted by atomic mass is 10.1. The Morgan fingerprint density at radius 3 is 2.50 bits per heavy atom. The quantitative estimate of drug-likeness (QED) is 0.610. The molecule has 0 atom stereocenters. The minimum atomic E-state index is -4.56. The predicted molar refractivity (Wildman–Crippen MR) is 67.3 cm³/mol. The van der Waals surface area contributed by atoms with Crippen LogP contribution in [-0.4, -0.2) is 4.98 Å². The molecule has 2 rings (SSSR count). The number of pyridine rings is 1. The Morgan fingerprint density at radius 2 is 1.94 bits per heavy atom. The SMILES string of the molecule is NNc1cc(C(F)(F)F)nc2c(Cl)cc(Br)cc12. The van der Waals surface area contributed by atoms with E-state index in [1.165, 1.54) is 6.07 Å². The minimum absolute atomic E-state index is 0.0441. The summed E-state index contributed by atoms with van der Waals surface area (Å²) >= 11 is 9.09. The molecule has 0 saturated carbocycles. The summed E-state index contributed by atoms with van der Waals surface area (Å²) in [5, 5.41) is 0.520. The highest BCUT2D eigenvalue weighted by Gasteiger charge is 2.33. The second kappa shape index (κ2) is 4.56. The van der Waals surface area contributed by atoms with Crippen LogP contribution in [0.4, 0.5) is 18.9 Å². The topological polar surface area (TPSA) is 50.9 Å². The normalized spacial score (nSPS) is 11.9. The summed E-state index contributed by atoms with van der Waals surface area (Å²) in [6.45, 7) is 0. The van der Waals surface area contributed by atoms with Crippen LogP contribution in [0.25, 0.3) is 10.9 Å². The molecule has 0 amide bonds. The van der Waals surface area contributed by atoms with Crippen molar-refractivity contribution in [3.05, 3.63) is 33.4 Å². The number of aromatic nitrogens is 1. The van der Waals surface area contributed by atoms with Crippen LogP contribution in [0.2, 0.25) is 5.02 Å². The molecule has 1 aromatic carbocycles. The molecule has 8 heteroatoms. The Hall–Kier alpha value is -1.05. The first-order valence-corrected chi connectivity index (χ1v) is 5.83. The molecule has 18 heavy (non-hydrogen) atoms. The smallest absolute Gasteiger partial charge is 0.323 e. The van der Waals surface area contributed by atoms with E-state index in [9.17, 15) is 13.2 Å². The van der Waals surface area contributed by atoms with E-state index in [2.05, 4.69) is 26.3 Å². The van der Waals surface area contributed by atoms with Gasteiger partial charge in [-0.05, 0) is 18.2 Å². The number of rotatable bonds is 1. The van der Waals surface area contributed by atoms with Crippen molar-refractivity contribution in [2.24, 2.45) is 5.84 Å². The third-order valence-corrected chi connectivity index (χ3v) is 3.02. The minimum Gasteiger partial charge on any atom is -0.323 e. The number of fused-ring (bicyclic) bond motifs is 1. The number of halogens is 5. The number of hydrazine groups is 1. The average molecular weight is 341 g/mol. The summed E-state index contributed by atoms with van der Waals surface area (Å²) in [7, 11) is 0. The maximum atomic E-state index is 12.7. The zero-order valence-electron chi connectivity index (χ0n) is 8.65. The Balaban J connectivity index is 2.84. The lowest BCUT2D eigenvalue weighted by Crippen LogP contribution is -2.12. The molecular formula is C10H6BrClF3N3. The van der Waals surface area contributed by atoms with Gasteiger partial charge in [-0.25, -0.2) is 4.98 Å². The van der Waals surface area contributed by atoms with E-state index >= 15 is 0 Å². The molecule has 2 aromatic rings. The number of hydrogen-bond donors (Lipinski definition) is 2. The van der Waals surface area contributed by atoms with Gasteiger partial charge in [-0.3, -0.25) is 5.84 Å². The summed E-state index contributed by atoms with van der Waals surface area (Å²) in [6, 6.07) is 3.89. The van der Waals surface area contributed by atoms with E-state index in [0.29, 0.717) is 9.86 Å². The van der Waals surface area contributed by atoms with Crippen LogP contribution in [-0.2, 0) is 6.18 Å². The first-order valence-electron chi connectivity index (χ1n) is 4.66. The van der Waals surface area contributed by atoms with Crippen molar-refractivity contribution in [2.45, 2.75) is 6.18 Å². The van der Waals surface area contributed by atoms with Gasteiger partial charge in [0.25, 0.3) is 0 Å². The number of benzene rings is 1. The van der Waals surface area contributed by atoms with Gasteiger partial charge in [-0.1, -0.05) is 27.5 Å². The van der Waals surface area contributed by atoms with Gasteiger partial charge in [-0.2, -0.15) is 13.2 Å². The van der Waals surface area contributed by atoms with Gasteiger partial charge >= 0.3 is 6.18 Å². The van der Waals surface area contributed by atoms with Gasteiger partial charge in [0, 0.05) is 9.86 Å². The first kappa shape index (κ1) is 13.4. The fourth-order valence-electron chi connectivity index (χ4n) is 1.52. The number of nitrogens with two attached hydrogens (primary N) is 1. The average Bonchev–Trinajstić information content (AvgIpc) is 2.26. The molecule has 0 aliphatic rings. The van der Waals surface area contributed by atoms with Crippen molar-refractivity contribution < 1.29 is 13.2 Å². The van der Waals surface area contributed by atoms with Crippen molar-refractivity contribution in [3.63, 3.8) is 0 Å². The summed E-state index contributed by atoms with van der Waals surface area (Å²) in [6.07, 6.45) is -4.56. The Bertz CT molecular complexity index is 615. The van der Waals surface area contributed by atoms with Gasteiger partial charge < -0.3 is 5.43 Å². The van der Waals surface area contributed by atoms with Crippen LogP contribution in [0.3, 0.4) is 0 Å². The van der Waals surface area contributed by atoms with Gasteiger partial charge in [0.05, 0.1) is 16.2 Å². The van der Waals surface area contributed by atoms with Gasteiger partial charge in [0.2, 0.25) is 0 Å². The highest BCUT2D eigenvalue weighted by atomic mass is 79.9. The van der Waals surface area contributed by atoms with Gasteiger partial charge in [0.15, 0.2) is 0 Å². The third kappa shape index (κ3) is 2.38. The lowest BCUT2D eigenvalue weighted by Gasteiger charge is -2.12. The molecule has 0 unspecified atom stereocenters. The molecule has 0 fully saturated rings. The Labute approximate surface area is 113 Å².